The summed E-state index contributed by atoms with van der Waals surface area (Å²) in [7, 11) is -3.73. The Morgan fingerprint density at radius 1 is 0.971 bits per heavy atom. The zero-order valence-corrected chi connectivity index (χ0v) is 20.2. The molecule has 174 valence electrons. The van der Waals surface area contributed by atoms with Crippen LogP contribution in [0.1, 0.15) is 10.6 Å². The molecule has 4 rings (SSSR count). The number of thiazole rings is 1. The lowest BCUT2D eigenvalue weighted by atomic mass is 10.1. The van der Waals surface area contributed by atoms with Gasteiger partial charge in [0, 0.05) is 22.3 Å². The molecule has 0 radical (unpaired) electrons. The number of amides is 1. The second-order valence-electron chi connectivity index (χ2n) is 7.61. The van der Waals surface area contributed by atoms with Gasteiger partial charge >= 0.3 is 0 Å². The van der Waals surface area contributed by atoms with Gasteiger partial charge < -0.3 is 10.1 Å². The monoisotopic (exact) mass is 493 g/mol. The largest absolute Gasteiger partial charge is 0.484 e. The number of nitrogens with zero attached hydrogens (tertiary/aromatic N) is 1. The van der Waals surface area contributed by atoms with Crippen LogP contribution >= 0.6 is 11.3 Å². The predicted octanol–water partition coefficient (Wildman–Crippen LogP) is 5.25. The van der Waals surface area contributed by atoms with E-state index in [0.717, 1.165) is 21.8 Å². The maximum absolute atomic E-state index is 12.6. The summed E-state index contributed by atoms with van der Waals surface area (Å²) in [6.45, 7) is 3.66. The fourth-order valence-corrected chi connectivity index (χ4v) is 4.83. The van der Waals surface area contributed by atoms with Crippen LogP contribution in [0, 0.1) is 13.8 Å². The Kier molecular flexibility index (Phi) is 6.95. The summed E-state index contributed by atoms with van der Waals surface area (Å²) < 4.78 is 33.2. The minimum atomic E-state index is -3.73. The van der Waals surface area contributed by atoms with Crippen molar-refractivity contribution in [2.24, 2.45) is 0 Å². The number of benzene rings is 3. The summed E-state index contributed by atoms with van der Waals surface area (Å²) in [5, 5.41) is 5.75. The van der Waals surface area contributed by atoms with Gasteiger partial charge in [-0.3, -0.25) is 9.52 Å². The van der Waals surface area contributed by atoms with Gasteiger partial charge in [0.05, 0.1) is 15.6 Å². The molecule has 0 aliphatic heterocycles. The SMILES string of the molecule is Cc1ccc(NS(=O)(=O)c2ccc(OCC(=O)Nc3cccc(-c4csc(C)n4)c3)cc2)cc1. The molecule has 1 aromatic heterocycles. The topological polar surface area (TPSA) is 97.4 Å². The first kappa shape index (κ1) is 23.5. The zero-order valence-electron chi connectivity index (χ0n) is 18.6. The van der Waals surface area contributed by atoms with Crippen LogP contribution in [-0.4, -0.2) is 25.9 Å². The maximum Gasteiger partial charge on any atom is 0.262 e. The highest BCUT2D eigenvalue weighted by Gasteiger charge is 2.14. The van der Waals surface area contributed by atoms with E-state index in [2.05, 4.69) is 15.0 Å². The lowest BCUT2D eigenvalue weighted by Gasteiger charge is -2.10. The highest BCUT2D eigenvalue weighted by molar-refractivity contribution is 7.92. The first-order valence-corrected chi connectivity index (χ1v) is 12.8. The molecule has 3 aromatic carbocycles. The van der Waals surface area contributed by atoms with Gasteiger partial charge in [-0.1, -0.05) is 29.8 Å². The Balaban J connectivity index is 1.33. The third-order valence-electron chi connectivity index (χ3n) is 4.87. The van der Waals surface area contributed by atoms with E-state index in [-0.39, 0.29) is 17.4 Å². The van der Waals surface area contributed by atoms with Crippen LogP contribution in [0.25, 0.3) is 11.3 Å². The minimum absolute atomic E-state index is 0.0963. The number of rotatable bonds is 8. The average molecular weight is 494 g/mol. The summed E-state index contributed by atoms with van der Waals surface area (Å²) in [4.78, 5) is 16.9. The molecule has 0 fully saturated rings. The molecule has 9 heteroatoms. The van der Waals surface area contributed by atoms with E-state index in [1.807, 2.05) is 49.6 Å². The number of hydrogen-bond acceptors (Lipinski definition) is 6. The maximum atomic E-state index is 12.6. The molecule has 0 saturated carbocycles. The normalized spacial score (nSPS) is 11.1. The van der Waals surface area contributed by atoms with E-state index in [4.69, 9.17) is 4.74 Å². The fraction of sp³-hybridized carbons (Fsp3) is 0.120. The van der Waals surface area contributed by atoms with Crippen LogP contribution in [0.5, 0.6) is 5.75 Å². The molecule has 1 amide bonds. The average Bonchev–Trinajstić information content (AvgIpc) is 3.26. The highest BCUT2D eigenvalue weighted by Crippen LogP contribution is 2.24. The van der Waals surface area contributed by atoms with Crippen molar-refractivity contribution in [3.63, 3.8) is 0 Å². The number of aryl methyl sites for hydroxylation is 2. The molecule has 34 heavy (non-hydrogen) atoms. The number of hydrogen-bond donors (Lipinski definition) is 2. The molecule has 1 heterocycles. The molecule has 0 bridgehead atoms. The molecule has 0 atom stereocenters. The van der Waals surface area contributed by atoms with Crippen molar-refractivity contribution in [2.45, 2.75) is 18.7 Å². The summed E-state index contributed by atoms with van der Waals surface area (Å²) in [6, 6.07) is 20.4. The van der Waals surface area contributed by atoms with Gasteiger partial charge in [-0.05, 0) is 62.4 Å². The summed E-state index contributed by atoms with van der Waals surface area (Å²) in [5.74, 6) is 0.0560. The van der Waals surface area contributed by atoms with Gasteiger partial charge in [-0.15, -0.1) is 11.3 Å². The van der Waals surface area contributed by atoms with Crippen LogP contribution in [0.15, 0.2) is 83.1 Å². The lowest BCUT2D eigenvalue weighted by Crippen LogP contribution is -2.20. The molecular formula is C25H23N3O4S2. The number of carbonyl (C=O) groups excluding carboxylic acids is 1. The highest BCUT2D eigenvalue weighted by atomic mass is 32.2. The van der Waals surface area contributed by atoms with Crippen LogP contribution < -0.4 is 14.8 Å². The van der Waals surface area contributed by atoms with E-state index < -0.39 is 10.0 Å². The van der Waals surface area contributed by atoms with Crippen molar-refractivity contribution < 1.29 is 17.9 Å². The standard InChI is InChI=1S/C25H23N3O4S2/c1-17-6-8-20(9-7-17)28-34(30,31)23-12-10-22(11-13-23)32-15-25(29)27-21-5-3-4-19(14-21)24-16-33-18(2)26-24/h3-14,16,28H,15H2,1-2H3,(H,27,29). The van der Waals surface area contributed by atoms with Crippen molar-refractivity contribution >= 4 is 38.6 Å². The number of carbonyl (C=O) groups is 1. The van der Waals surface area contributed by atoms with Crippen LogP contribution in [-0.2, 0) is 14.8 Å². The van der Waals surface area contributed by atoms with E-state index in [9.17, 15) is 13.2 Å². The molecule has 4 aromatic rings. The molecule has 7 nitrogen and oxygen atoms in total. The van der Waals surface area contributed by atoms with Crippen molar-refractivity contribution in [2.75, 3.05) is 16.6 Å². The molecule has 0 saturated heterocycles. The van der Waals surface area contributed by atoms with E-state index in [1.54, 1.807) is 29.5 Å². The number of sulfonamides is 1. The van der Waals surface area contributed by atoms with Crippen molar-refractivity contribution in [3.8, 4) is 17.0 Å². The van der Waals surface area contributed by atoms with Gasteiger partial charge in [0.15, 0.2) is 6.61 Å². The lowest BCUT2D eigenvalue weighted by molar-refractivity contribution is -0.118. The van der Waals surface area contributed by atoms with E-state index >= 15 is 0 Å². The third-order valence-corrected chi connectivity index (χ3v) is 7.04. The van der Waals surface area contributed by atoms with Crippen molar-refractivity contribution in [3.05, 3.63) is 88.7 Å². The summed E-state index contributed by atoms with van der Waals surface area (Å²) >= 11 is 1.57. The first-order chi connectivity index (χ1) is 16.3. The van der Waals surface area contributed by atoms with Gasteiger partial charge in [0.25, 0.3) is 15.9 Å². The van der Waals surface area contributed by atoms with Crippen LogP contribution in [0.4, 0.5) is 11.4 Å². The Morgan fingerprint density at radius 3 is 2.38 bits per heavy atom. The van der Waals surface area contributed by atoms with Gasteiger partial charge in [0.1, 0.15) is 5.75 Å². The molecule has 0 aliphatic carbocycles. The molecular weight excluding hydrogens is 470 g/mol. The molecule has 0 spiro atoms. The van der Waals surface area contributed by atoms with E-state index in [0.29, 0.717) is 17.1 Å². The van der Waals surface area contributed by atoms with Gasteiger partial charge in [0.2, 0.25) is 0 Å². The third kappa shape index (κ3) is 6.00. The minimum Gasteiger partial charge on any atom is -0.484 e. The van der Waals surface area contributed by atoms with Crippen LogP contribution in [0.3, 0.4) is 0 Å². The first-order valence-electron chi connectivity index (χ1n) is 10.4. The predicted molar refractivity (Wildman–Crippen MR) is 135 cm³/mol. The Hall–Kier alpha value is -3.69. The summed E-state index contributed by atoms with van der Waals surface area (Å²) in [6.07, 6.45) is 0. The van der Waals surface area contributed by atoms with Gasteiger partial charge in [-0.2, -0.15) is 0 Å². The van der Waals surface area contributed by atoms with Gasteiger partial charge in [-0.25, -0.2) is 13.4 Å². The van der Waals surface area contributed by atoms with Crippen molar-refractivity contribution in [1.29, 1.82) is 0 Å². The second-order valence-corrected chi connectivity index (χ2v) is 10.4. The Labute approximate surface area is 202 Å². The quantitative estimate of drug-likeness (QED) is 0.350. The number of anilines is 2. The number of nitrogens with one attached hydrogen (secondary N) is 2. The molecule has 2 N–H and O–H groups in total. The molecule has 0 aliphatic rings. The zero-order chi connectivity index (χ0) is 24.1. The van der Waals surface area contributed by atoms with Crippen LogP contribution in [0.2, 0.25) is 0 Å². The fourth-order valence-electron chi connectivity index (χ4n) is 3.15. The number of ether oxygens (including phenoxy) is 1. The Bertz CT molecular complexity index is 1400. The Morgan fingerprint density at radius 2 is 1.71 bits per heavy atom. The van der Waals surface area contributed by atoms with Crippen molar-refractivity contribution in [1.82, 2.24) is 4.98 Å². The molecule has 0 unspecified atom stereocenters. The number of aromatic nitrogens is 1. The van der Waals surface area contributed by atoms with E-state index in [1.165, 1.54) is 24.3 Å². The summed E-state index contributed by atoms with van der Waals surface area (Å²) in [5.41, 5.74) is 3.94. The smallest absolute Gasteiger partial charge is 0.262 e. The second kappa shape index (κ2) is 10.1.